The minimum absolute atomic E-state index is 0.0510. The molecule has 3 rings (SSSR count). The number of rotatable bonds is 5. The summed E-state index contributed by atoms with van der Waals surface area (Å²) in [5.41, 5.74) is 1.79. The molecular weight excluding hydrogens is 351 g/mol. The van der Waals surface area contributed by atoms with Crippen molar-refractivity contribution in [2.24, 2.45) is 5.92 Å². The summed E-state index contributed by atoms with van der Waals surface area (Å²) < 4.78 is 14.0. The largest absolute Gasteiger partial charge is 0.341 e. The third-order valence-electron chi connectivity index (χ3n) is 4.98. The maximum Gasteiger partial charge on any atom is 0.225 e. The monoisotopic (exact) mass is 374 g/mol. The molecule has 138 valence electrons. The van der Waals surface area contributed by atoms with Gasteiger partial charge in [0.15, 0.2) is 0 Å². The maximum absolute atomic E-state index is 14.0. The van der Waals surface area contributed by atoms with Crippen molar-refractivity contribution in [3.05, 3.63) is 70.5 Å². The summed E-state index contributed by atoms with van der Waals surface area (Å²) in [4.78, 5) is 16.7. The summed E-state index contributed by atoms with van der Waals surface area (Å²) in [6, 6.07) is 14.8. The Morgan fingerprint density at radius 2 is 1.88 bits per heavy atom. The van der Waals surface area contributed by atoms with Crippen molar-refractivity contribution in [2.45, 2.75) is 25.9 Å². The fourth-order valence-corrected chi connectivity index (χ4v) is 3.63. The second-order valence-corrected chi connectivity index (χ2v) is 7.40. The number of benzene rings is 2. The molecule has 1 heterocycles. The van der Waals surface area contributed by atoms with Gasteiger partial charge in [-0.3, -0.25) is 9.69 Å². The first-order valence-corrected chi connectivity index (χ1v) is 9.36. The molecule has 0 aromatic heterocycles. The number of hydrogen-bond acceptors (Lipinski definition) is 2. The molecule has 1 aliphatic heterocycles. The van der Waals surface area contributed by atoms with Gasteiger partial charge in [0.25, 0.3) is 0 Å². The molecule has 0 N–H and O–H groups in total. The molecule has 2 aromatic carbocycles. The van der Waals surface area contributed by atoms with E-state index < -0.39 is 0 Å². The minimum atomic E-state index is -0.265. The van der Waals surface area contributed by atoms with Crippen molar-refractivity contribution in [3.63, 3.8) is 0 Å². The van der Waals surface area contributed by atoms with Gasteiger partial charge < -0.3 is 4.90 Å². The zero-order valence-corrected chi connectivity index (χ0v) is 15.8. The van der Waals surface area contributed by atoms with Crippen LogP contribution in [0.3, 0.4) is 0 Å². The van der Waals surface area contributed by atoms with E-state index in [-0.39, 0.29) is 17.6 Å². The van der Waals surface area contributed by atoms with Gasteiger partial charge in [-0.15, -0.1) is 0 Å². The predicted octanol–water partition coefficient (Wildman–Crippen LogP) is 4.35. The molecule has 1 aliphatic rings. The van der Waals surface area contributed by atoms with Crippen LogP contribution in [0.15, 0.2) is 48.5 Å². The van der Waals surface area contributed by atoms with Crippen LogP contribution in [-0.2, 0) is 17.9 Å². The molecule has 0 radical (unpaired) electrons. The molecule has 0 unspecified atom stereocenters. The first-order chi connectivity index (χ1) is 12.5. The Labute approximate surface area is 159 Å². The van der Waals surface area contributed by atoms with Crippen molar-refractivity contribution in [1.29, 1.82) is 0 Å². The number of carbonyl (C=O) groups excluding carboxylic acids is 1. The summed E-state index contributed by atoms with van der Waals surface area (Å²) in [7, 11) is 1.87. The van der Waals surface area contributed by atoms with Crippen LogP contribution in [0.1, 0.15) is 24.0 Å². The molecule has 0 aliphatic carbocycles. The topological polar surface area (TPSA) is 23.6 Å². The second kappa shape index (κ2) is 8.65. The molecule has 0 saturated carbocycles. The van der Waals surface area contributed by atoms with Crippen molar-refractivity contribution in [3.8, 4) is 0 Å². The van der Waals surface area contributed by atoms with Gasteiger partial charge in [-0.05, 0) is 43.6 Å². The Bertz CT molecular complexity index is 745. The third-order valence-corrected chi connectivity index (χ3v) is 5.22. The molecule has 0 bridgehead atoms. The first kappa shape index (κ1) is 18.9. The second-order valence-electron chi connectivity index (χ2n) is 6.97. The Morgan fingerprint density at radius 3 is 2.54 bits per heavy atom. The molecule has 3 nitrogen and oxygen atoms in total. The smallest absolute Gasteiger partial charge is 0.225 e. The van der Waals surface area contributed by atoms with Crippen LogP contribution in [0.5, 0.6) is 0 Å². The number of nitrogens with zero attached hydrogens (tertiary/aromatic N) is 2. The van der Waals surface area contributed by atoms with Crippen LogP contribution in [0.25, 0.3) is 0 Å². The summed E-state index contributed by atoms with van der Waals surface area (Å²) in [6.45, 7) is 2.80. The molecule has 5 heteroatoms. The highest BCUT2D eigenvalue weighted by Crippen LogP contribution is 2.23. The Kier molecular flexibility index (Phi) is 6.28. The summed E-state index contributed by atoms with van der Waals surface area (Å²) >= 11 is 5.81. The molecule has 2 aromatic rings. The Balaban J connectivity index is 1.50. The van der Waals surface area contributed by atoms with Crippen LogP contribution in [0.4, 0.5) is 4.39 Å². The van der Waals surface area contributed by atoms with Crippen molar-refractivity contribution >= 4 is 17.5 Å². The lowest BCUT2D eigenvalue weighted by molar-refractivity contribution is -0.136. The van der Waals surface area contributed by atoms with Gasteiger partial charge in [-0.25, -0.2) is 4.39 Å². The van der Waals surface area contributed by atoms with Crippen LogP contribution >= 0.6 is 11.6 Å². The molecular formula is C21H24ClFN2O. The zero-order chi connectivity index (χ0) is 18.5. The van der Waals surface area contributed by atoms with Gasteiger partial charge in [-0.2, -0.15) is 0 Å². The predicted molar refractivity (Wildman–Crippen MR) is 102 cm³/mol. The fraction of sp³-hybridized carbons (Fsp3) is 0.381. The number of amides is 1. The van der Waals surface area contributed by atoms with E-state index in [1.54, 1.807) is 12.1 Å². The van der Waals surface area contributed by atoms with E-state index in [1.807, 2.05) is 42.3 Å². The lowest BCUT2D eigenvalue weighted by Gasteiger charge is -2.33. The third kappa shape index (κ3) is 4.83. The average molecular weight is 375 g/mol. The van der Waals surface area contributed by atoms with Gasteiger partial charge in [0.1, 0.15) is 5.82 Å². The van der Waals surface area contributed by atoms with Gasteiger partial charge in [0.05, 0.1) is 0 Å². The van der Waals surface area contributed by atoms with Crippen LogP contribution in [0.2, 0.25) is 5.02 Å². The number of likely N-dealkylation sites (tertiary alicyclic amines) is 1. The minimum Gasteiger partial charge on any atom is -0.341 e. The number of halogens is 2. The van der Waals surface area contributed by atoms with Crippen molar-refractivity contribution in [2.75, 3.05) is 20.1 Å². The van der Waals surface area contributed by atoms with E-state index in [0.717, 1.165) is 31.5 Å². The standard InChI is InChI=1S/C21H24ClFN2O/c1-24(14-16-5-3-2-4-6-16)21(26)17-9-11-25(12-10-17)15-18-7-8-19(22)13-20(18)23/h2-8,13,17H,9-12,14-15H2,1H3. The molecule has 0 spiro atoms. The molecule has 1 saturated heterocycles. The molecule has 1 fully saturated rings. The van der Waals surface area contributed by atoms with E-state index in [0.29, 0.717) is 23.7 Å². The van der Waals surface area contributed by atoms with Crippen LogP contribution in [0, 0.1) is 11.7 Å². The fourth-order valence-electron chi connectivity index (χ4n) is 3.48. The van der Waals surface area contributed by atoms with Crippen molar-refractivity contribution < 1.29 is 9.18 Å². The zero-order valence-electron chi connectivity index (χ0n) is 15.0. The normalized spacial score (nSPS) is 15.8. The molecule has 26 heavy (non-hydrogen) atoms. The van der Waals surface area contributed by atoms with Crippen LogP contribution < -0.4 is 0 Å². The van der Waals surface area contributed by atoms with Gasteiger partial charge in [-0.1, -0.05) is 48.0 Å². The molecule has 0 atom stereocenters. The highest BCUT2D eigenvalue weighted by molar-refractivity contribution is 6.30. The lowest BCUT2D eigenvalue weighted by Crippen LogP contribution is -2.40. The van der Waals surface area contributed by atoms with E-state index in [4.69, 9.17) is 11.6 Å². The number of carbonyl (C=O) groups is 1. The van der Waals surface area contributed by atoms with Gasteiger partial charge >= 0.3 is 0 Å². The Morgan fingerprint density at radius 1 is 1.19 bits per heavy atom. The lowest BCUT2D eigenvalue weighted by atomic mass is 9.95. The van der Waals surface area contributed by atoms with Gasteiger partial charge in [0, 0.05) is 36.6 Å². The first-order valence-electron chi connectivity index (χ1n) is 8.98. The van der Waals surface area contributed by atoms with Crippen molar-refractivity contribution in [1.82, 2.24) is 9.80 Å². The Hall–Kier alpha value is -1.91. The maximum atomic E-state index is 14.0. The molecule has 1 amide bonds. The SMILES string of the molecule is CN(Cc1ccccc1)C(=O)C1CCN(Cc2ccc(Cl)cc2F)CC1. The summed E-state index contributed by atoms with van der Waals surface area (Å²) in [5.74, 6) is -0.0144. The number of piperidine rings is 1. The summed E-state index contributed by atoms with van der Waals surface area (Å²) in [5, 5.41) is 0.414. The van der Waals surface area contributed by atoms with Crippen LogP contribution in [-0.4, -0.2) is 35.8 Å². The van der Waals surface area contributed by atoms with E-state index in [1.165, 1.54) is 6.07 Å². The highest BCUT2D eigenvalue weighted by atomic mass is 35.5. The van der Waals surface area contributed by atoms with E-state index in [2.05, 4.69) is 4.90 Å². The average Bonchev–Trinajstić information content (AvgIpc) is 2.65. The quantitative estimate of drug-likeness (QED) is 0.776. The summed E-state index contributed by atoms with van der Waals surface area (Å²) in [6.07, 6.45) is 1.63. The van der Waals surface area contributed by atoms with E-state index >= 15 is 0 Å². The highest BCUT2D eigenvalue weighted by Gasteiger charge is 2.27. The number of hydrogen-bond donors (Lipinski definition) is 0. The van der Waals surface area contributed by atoms with E-state index in [9.17, 15) is 9.18 Å². The van der Waals surface area contributed by atoms with Gasteiger partial charge in [0.2, 0.25) is 5.91 Å².